The predicted molar refractivity (Wildman–Crippen MR) is 75.6 cm³/mol. The van der Waals surface area contributed by atoms with Crippen molar-refractivity contribution in [1.82, 2.24) is 0 Å². The average Bonchev–Trinajstić information content (AvgIpc) is 2.59. The van der Waals surface area contributed by atoms with Crippen molar-refractivity contribution < 1.29 is 9.21 Å². The number of furan rings is 1. The largest absolute Gasteiger partial charge is 0.473 e. The maximum atomic E-state index is 11.8. The van der Waals surface area contributed by atoms with E-state index < -0.39 is 8.07 Å². The quantitative estimate of drug-likeness (QED) is 0.602. The number of rotatable bonds is 3. The van der Waals surface area contributed by atoms with Gasteiger partial charge in [0.25, 0.3) is 0 Å². The van der Waals surface area contributed by atoms with Crippen LogP contribution >= 0.6 is 0 Å². The lowest BCUT2D eigenvalue weighted by Crippen LogP contribution is -2.50. The standard InChI is InChI=1S/C14H22O2Si/c1-8-11-9-16-13(12(11)10(2)15)17(6,7)14(3,4)5/h8-9H,1H2,2-7H3. The highest BCUT2D eigenvalue weighted by molar-refractivity contribution is 6.92. The van der Waals surface area contributed by atoms with Gasteiger partial charge in [0.05, 0.1) is 17.2 Å². The Hall–Kier alpha value is -1.09. The molecule has 0 aliphatic carbocycles. The predicted octanol–water partition coefficient (Wildman–Crippen LogP) is 3.84. The van der Waals surface area contributed by atoms with E-state index in [-0.39, 0.29) is 10.8 Å². The van der Waals surface area contributed by atoms with Gasteiger partial charge in [-0.3, -0.25) is 4.79 Å². The van der Waals surface area contributed by atoms with Gasteiger partial charge in [0.15, 0.2) is 5.78 Å². The van der Waals surface area contributed by atoms with Crippen LogP contribution in [0, 0.1) is 0 Å². The van der Waals surface area contributed by atoms with Crippen LogP contribution in [0.1, 0.15) is 43.6 Å². The van der Waals surface area contributed by atoms with Crippen LogP contribution in [0.5, 0.6) is 0 Å². The summed E-state index contributed by atoms with van der Waals surface area (Å²) in [4.78, 5) is 11.8. The summed E-state index contributed by atoms with van der Waals surface area (Å²) >= 11 is 0. The Bertz CT molecular complexity index is 447. The van der Waals surface area contributed by atoms with Gasteiger partial charge in [-0.15, -0.1) is 0 Å². The van der Waals surface area contributed by atoms with Crippen LogP contribution in [0.15, 0.2) is 17.3 Å². The van der Waals surface area contributed by atoms with E-state index in [4.69, 9.17) is 4.42 Å². The first-order valence-electron chi connectivity index (χ1n) is 5.88. The molecule has 1 heterocycles. The fourth-order valence-electron chi connectivity index (χ4n) is 1.69. The van der Waals surface area contributed by atoms with Crippen LogP contribution in [-0.2, 0) is 0 Å². The van der Waals surface area contributed by atoms with Crippen LogP contribution in [0.4, 0.5) is 0 Å². The number of hydrogen-bond donors (Lipinski definition) is 0. The SMILES string of the molecule is C=Cc1coc([Si](C)(C)C(C)(C)C)c1C(C)=O. The first-order chi connectivity index (χ1) is 7.63. The zero-order chi connectivity index (χ0) is 13.4. The van der Waals surface area contributed by atoms with Crippen LogP contribution in [0.3, 0.4) is 0 Å². The second kappa shape index (κ2) is 4.30. The van der Waals surface area contributed by atoms with Crippen LogP contribution in [0.2, 0.25) is 18.1 Å². The van der Waals surface area contributed by atoms with Crippen LogP contribution < -0.4 is 5.38 Å². The Balaban J connectivity index is 3.47. The number of carbonyl (C=O) groups excluding carboxylic acids is 1. The molecule has 0 aromatic carbocycles. The monoisotopic (exact) mass is 250 g/mol. The Labute approximate surface area is 105 Å². The maximum absolute atomic E-state index is 11.8. The summed E-state index contributed by atoms with van der Waals surface area (Å²) in [6, 6.07) is 0. The molecule has 0 radical (unpaired) electrons. The van der Waals surface area contributed by atoms with Crippen molar-refractivity contribution in [3.05, 3.63) is 24.0 Å². The van der Waals surface area contributed by atoms with Crippen molar-refractivity contribution >= 4 is 25.3 Å². The Morgan fingerprint density at radius 1 is 1.41 bits per heavy atom. The van der Waals surface area contributed by atoms with Crippen molar-refractivity contribution in [1.29, 1.82) is 0 Å². The van der Waals surface area contributed by atoms with E-state index in [9.17, 15) is 4.79 Å². The minimum atomic E-state index is -1.82. The number of Topliss-reactive ketones (excluding diaryl/α,β-unsaturated/α-hetero) is 1. The summed E-state index contributed by atoms with van der Waals surface area (Å²) in [6.45, 7) is 16.4. The molecule has 2 nitrogen and oxygen atoms in total. The first-order valence-corrected chi connectivity index (χ1v) is 8.88. The van der Waals surface area contributed by atoms with E-state index in [1.54, 1.807) is 19.3 Å². The van der Waals surface area contributed by atoms with E-state index in [0.717, 1.165) is 16.5 Å². The summed E-state index contributed by atoms with van der Waals surface area (Å²) in [5, 5.41) is 1.04. The molecule has 1 rings (SSSR count). The van der Waals surface area contributed by atoms with E-state index in [1.807, 2.05) is 0 Å². The molecule has 0 aliphatic rings. The molecule has 1 aromatic heterocycles. The van der Waals surface area contributed by atoms with Crippen LogP contribution in [0.25, 0.3) is 6.08 Å². The lowest BCUT2D eigenvalue weighted by atomic mass is 10.1. The summed E-state index contributed by atoms with van der Waals surface area (Å²) in [5.74, 6) is 0.0634. The Morgan fingerprint density at radius 3 is 2.29 bits per heavy atom. The van der Waals surface area contributed by atoms with E-state index in [1.165, 1.54) is 0 Å². The van der Waals surface area contributed by atoms with Gasteiger partial charge < -0.3 is 4.42 Å². The second-order valence-corrected chi connectivity index (χ2v) is 11.2. The molecule has 3 heteroatoms. The highest BCUT2D eigenvalue weighted by Crippen LogP contribution is 2.36. The summed E-state index contributed by atoms with van der Waals surface area (Å²) in [6.07, 6.45) is 3.34. The fraction of sp³-hybridized carbons (Fsp3) is 0.500. The summed E-state index contributed by atoms with van der Waals surface area (Å²) < 4.78 is 5.71. The van der Waals surface area contributed by atoms with Crippen molar-refractivity contribution in [2.45, 2.75) is 45.8 Å². The van der Waals surface area contributed by atoms with Gasteiger partial charge in [0.2, 0.25) is 0 Å². The Morgan fingerprint density at radius 2 is 1.94 bits per heavy atom. The zero-order valence-electron chi connectivity index (χ0n) is 11.7. The number of carbonyl (C=O) groups is 1. The molecule has 0 saturated carbocycles. The normalized spacial score (nSPS) is 12.6. The molecule has 0 fully saturated rings. The minimum absolute atomic E-state index is 0.0634. The molecule has 17 heavy (non-hydrogen) atoms. The third-order valence-electron chi connectivity index (χ3n) is 3.83. The van der Waals surface area contributed by atoms with Gasteiger partial charge in [-0.25, -0.2) is 0 Å². The van der Waals surface area contributed by atoms with Crippen molar-refractivity contribution in [2.75, 3.05) is 0 Å². The fourth-order valence-corrected chi connectivity index (χ4v) is 3.67. The van der Waals surface area contributed by atoms with E-state index >= 15 is 0 Å². The molecule has 0 bridgehead atoms. The molecule has 0 N–H and O–H groups in total. The third kappa shape index (κ3) is 2.29. The first kappa shape index (κ1) is 14.0. The van der Waals surface area contributed by atoms with E-state index in [2.05, 4.69) is 40.4 Å². The van der Waals surface area contributed by atoms with Gasteiger partial charge in [0, 0.05) is 5.56 Å². The molecular weight excluding hydrogens is 228 g/mol. The number of hydrogen-bond acceptors (Lipinski definition) is 2. The van der Waals surface area contributed by atoms with Gasteiger partial charge in [-0.2, -0.15) is 0 Å². The molecule has 0 saturated heterocycles. The molecule has 0 amide bonds. The minimum Gasteiger partial charge on any atom is -0.473 e. The van der Waals surface area contributed by atoms with Gasteiger partial charge in [0.1, 0.15) is 8.07 Å². The number of ketones is 1. The molecule has 0 unspecified atom stereocenters. The average molecular weight is 250 g/mol. The van der Waals surface area contributed by atoms with Gasteiger partial charge in [-0.1, -0.05) is 46.5 Å². The van der Waals surface area contributed by atoms with Crippen molar-refractivity contribution in [2.24, 2.45) is 0 Å². The topological polar surface area (TPSA) is 30.2 Å². The lowest BCUT2D eigenvalue weighted by molar-refractivity contribution is 0.101. The highest BCUT2D eigenvalue weighted by atomic mass is 28.3. The van der Waals surface area contributed by atoms with Crippen molar-refractivity contribution in [3.63, 3.8) is 0 Å². The highest BCUT2D eigenvalue weighted by Gasteiger charge is 2.42. The zero-order valence-corrected chi connectivity index (χ0v) is 12.7. The molecule has 0 spiro atoms. The smallest absolute Gasteiger partial charge is 0.163 e. The van der Waals surface area contributed by atoms with Gasteiger partial charge in [-0.05, 0) is 12.0 Å². The third-order valence-corrected chi connectivity index (χ3v) is 9.09. The van der Waals surface area contributed by atoms with E-state index in [0.29, 0.717) is 0 Å². The van der Waals surface area contributed by atoms with Crippen LogP contribution in [-0.4, -0.2) is 13.9 Å². The second-order valence-electron chi connectivity index (χ2n) is 6.03. The summed E-state index contributed by atoms with van der Waals surface area (Å²) in [5.41, 5.74) is 1.55. The molecular formula is C14H22O2Si. The van der Waals surface area contributed by atoms with Gasteiger partial charge >= 0.3 is 0 Å². The lowest BCUT2D eigenvalue weighted by Gasteiger charge is -2.35. The summed E-state index contributed by atoms with van der Waals surface area (Å²) in [7, 11) is -1.82. The molecule has 1 aromatic rings. The molecule has 0 atom stereocenters. The van der Waals surface area contributed by atoms with Crippen molar-refractivity contribution in [3.8, 4) is 0 Å². The maximum Gasteiger partial charge on any atom is 0.163 e. The molecule has 94 valence electrons. The Kier molecular flexibility index (Phi) is 3.53. The molecule has 0 aliphatic heterocycles.